The van der Waals surface area contributed by atoms with Crippen LogP contribution in [0.5, 0.6) is 23.0 Å². The van der Waals surface area contributed by atoms with Crippen LogP contribution in [0.2, 0.25) is 0 Å². The minimum Gasteiger partial charge on any atom is -0.504 e. The SMILES string of the molecule is C=C(/C=C/c1ccc(O)c(O)c1C)c1cc(C)c(O)c(O)c1. The predicted octanol–water partition coefficient (Wildman–Crippen LogP) is 3.85. The number of hydrogen-bond donors (Lipinski definition) is 4. The third-order valence-corrected chi connectivity index (χ3v) is 3.57. The third kappa shape index (κ3) is 2.91. The smallest absolute Gasteiger partial charge is 0.160 e. The lowest BCUT2D eigenvalue weighted by atomic mass is 10.0. The molecule has 0 saturated carbocycles. The molecule has 114 valence electrons. The summed E-state index contributed by atoms with van der Waals surface area (Å²) in [5, 5.41) is 38.3. The van der Waals surface area contributed by atoms with Crippen molar-refractivity contribution in [2.75, 3.05) is 0 Å². The molecule has 0 aliphatic rings. The van der Waals surface area contributed by atoms with Crippen LogP contribution in [0.1, 0.15) is 22.3 Å². The Morgan fingerprint density at radius 3 is 2.27 bits per heavy atom. The van der Waals surface area contributed by atoms with Gasteiger partial charge in [-0.2, -0.15) is 0 Å². The minimum atomic E-state index is -0.192. The lowest BCUT2D eigenvalue weighted by Gasteiger charge is -2.08. The highest BCUT2D eigenvalue weighted by Gasteiger charge is 2.08. The second kappa shape index (κ2) is 5.85. The molecule has 2 aromatic carbocycles. The molecular weight excluding hydrogens is 280 g/mol. The van der Waals surface area contributed by atoms with E-state index in [9.17, 15) is 20.4 Å². The maximum absolute atomic E-state index is 9.71. The standard InChI is InChI=1S/C18H18O4/c1-10(14-8-11(2)17(21)16(20)9-14)4-5-13-6-7-15(19)18(22)12(13)3/h4-9,19-22H,1H2,2-3H3/b5-4+. The number of aromatic hydroxyl groups is 4. The Labute approximate surface area is 128 Å². The first-order valence-electron chi connectivity index (χ1n) is 6.72. The Morgan fingerprint density at radius 2 is 1.64 bits per heavy atom. The van der Waals surface area contributed by atoms with Crippen LogP contribution in [-0.4, -0.2) is 20.4 Å². The largest absolute Gasteiger partial charge is 0.504 e. The number of rotatable bonds is 3. The van der Waals surface area contributed by atoms with Gasteiger partial charge in [0.15, 0.2) is 23.0 Å². The Kier molecular flexibility index (Phi) is 4.13. The highest BCUT2D eigenvalue weighted by molar-refractivity contribution is 5.79. The fourth-order valence-corrected chi connectivity index (χ4v) is 2.11. The van der Waals surface area contributed by atoms with E-state index < -0.39 is 0 Å². The van der Waals surface area contributed by atoms with Gasteiger partial charge in [-0.1, -0.05) is 24.8 Å². The summed E-state index contributed by atoms with van der Waals surface area (Å²) in [7, 11) is 0. The van der Waals surface area contributed by atoms with E-state index in [1.54, 1.807) is 38.1 Å². The van der Waals surface area contributed by atoms with E-state index in [1.165, 1.54) is 12.1 Å². The molecule has 0 aliphatic heterocycles. The average molecular weight is 298 g/mol. The number of phenols is 4. The average Bonchev–Trinajstić information content (AvgIpc) is 2.48. The molecule has 2 aromatic rings. The first-order valence-corrected chi connectivity index (χ1v) is 6.72. The van der Waals surface area contributed by atoms with Crippen molar-refractivity contribution in [3.63, 3.8) is 0 Å². The number of aryl methyl sites for hydroxylation is 1. The number of allylic oxidation sites excluding steroid dienone is 2. The van der Waals surface area contributed by atoms with Gasteiger partial charge in [0.05, 0.1) is 0 Å². The summed E-state index contributed by atoms with van der Waals surface area (Å²) in [5.74, 6) is -0.638. The molecule has 22 heavy (non-hydrogen) atoms. The van der Waals surface area contributed by atoms with E-state index in [0.29, 0.717) is 22.3 Å². The molecule has 0 radical (unpaired) electrons. The van der Waals surface area contributed by atoms with Gasteiger partial charge < -0.3 is 20.4 Å². The topological polar surface area (TPSA) is 80.9 Å². The first-order chi connectivity index (χ1) is 10.3. The van der Waals surface area contributed by atoms with E-state index in [4.69, 9.17) is 0 Å². The molecule has 4 heteroatoms. The molecule has 0 saturated heterocycles. The van der Waals surface area contributed by atoms with Crippen molar-refractivity contribution >= 4 is 11.6 Å². The zero-order chi connectivity index (χ0) is 16.4. The van der Waals surface area contributed by atoms with Crippen LogP contribution in [-0.2, 0) is 0 Å². The van der Waals surface area contributed by atoms with Crippen LogP contribution < -0.4 is 0 Å². The lowest BCUT2D eigenvalue weighted by Crippen LogP contribution is -1.85. The Bertz CT molecular complexity index is 750. The van der Waals surface area contributed by atoms with Crippen LogP contribution in [0.15, 0.2) is 36.9 Å². The van der Waals surface area contributed by atoms with Crippen molar-refractivity contribution in [3.8, 4) is 23.0 Å². The Hall–Kier alpha value is -2.88. The van der Waals surface area contributed by atoms with Gasteiger partial charge in [0.1, 0.15) is 0 Å². The van der Waals surface area contributed by atoms with Crippen molar-refractivity contribution < 1.29 is 20.4 Å². The molecular formula is C18H18O4. The Balaban J connectivity index is 2.31. The lowest BCUT2D eigenvalue weighted by molar-refractivity contribution is 0.401. The van der Waals surface area contributed by atoms with Crippen LogP contribution in [0, 0.1) is 13.8 Å². The van der Waals surface area contributed by atoms with Gasteiger partial charge >= 0.3 is 0 Å². The molecule has 0 fully saturated rings. The van der Waals surface area contributed by atoms with Gasteiger partial charge in [-0.05, 0) is 54.3 Å². The van der Waals surface area contributed by atoms with Gasteiger partial charge in [0.2, 0.25) is 0 Å². The molecule has 0 bridgehead atoms. The van der Waals surface area contributed by atoms with Crippen molar-refractivity contribution in [2.24, 2.45) is 0 Å². The predicted molar refractivity (Wildman–Crippen MR) is 87.1 cm³/mol. The van der Waals surface area contributed by atoms with Crippen molar-refractivity contribution in [1.82, 2.24) is 0 Å². The summed E-state index contributed by atoms with van der Waals surface area (Å²) in [4.78, 5) is 0. The van der Waals surface area contributed by atoms with Crippen LogP contribution in [0.3, 0.4) is 0 Å². The first kappa shape index (κ1) is 15.5. The zero-order valence-corrected chi connectivity index (χ0v) is 12.5. The summed E-state index contributed by atoms with van der Waals surface area (Å²) in [6, 6.07) is 6.27. The number of phenolic OH excluding ortho intramolecular Hbond substituents is 4. The third-order valence-electron chi connectivity index (χ3n) is 3.57. The van der Waals surface area contributed by atoms with E-state index in [-0.39, 0.29) is 23.0 Å². The van der Waals surface area contributed by atoms with Gasteiger partial charge in [0.25, 0.3) is 0 Å². The Morgan fingerprint density at radius 1 is 0.955 bits per heavy atom. The maximum Gasteiger partial charge on any atom is 0.160 e. The minimum absolute atomic E-state index is 0.139. The maximum atomic E-state index is 9.71. The summed E-state index contributed by atoms with van der Waals surface area (Å²) >= 11 is 0. The summed E-state index contributed by atoms with van der Waals surface area (Å²) in [5.41, 5.74) is 3.20. The van der Waals surface area contributed by atoms with Gasteiger partial charge in [-0.15, -0.1) is 0 Å². The molecule has 0 spiro atoms. The molecule has 0 atom stereocenters. The molecule has 0 unspecified atom stereocenters. The van der Waals surface area contributed by atoms with Gasteiger partial charge in [0, 0.05) is 5.56 Å². The zero-order valence-electron chi connectivity index (χ0n) is 12.5. The second-order valence-corrected chi connectivity index (χ2v) is 5.17. The molecule has 0 aliphatic carbocycles. The fraction of sp³-hybridized carbons (Fsp3) is 0.111. The normalized spacial score (nSPS) is 11.0. The van der Waals surface area contributed by atoms with Crippen LogP contribution in [0.4, 0.5) is 0 Å². The van der Waals surface area contributed by atoms with Gasteiger partial charge in [-0.25, -0.2) is 0 Å². The van der Waals surface area contributed by atoms with E-state index in [0.717, 1.165) is 5.56 Å². The molecule has 0 amide bonds. The van der Waals surface area contributed by atoms with E-state index in [2.05, 4.69) is 6.58 Å². The van der Waals surface area contributed by atoms with Crippen LogP contribution in [0.25, 0.3) is 11.6 Å². The monoisotopic (exact) mass is 298 g/mol. The summed E-state index contributed by atoms with van der Waals surface area (Å²) in [6.45, 7) is 7.32. The number of benzene rings is 2. The molecule has 4 N–H and O–H groups in total. The quantitative estimate of drug-likeness (QED) is 0.512. The second-order valence-electron chi connectivity index (χ2n) is 5.17. The highest BCUT2D eigenvalue weighted by Crippen LogP contribution is 2.33. The van der Waals surface area contributed by atoms with Crippen molar-refractivity contribution in [3.05, 3.63) is 59.2 Å². The molecule has 0 aromatic heterocycles. The highest BCUT2D eigenvalue weighted by atomic mass is 16.3. The molecule has 0 heterocycles. The van der Waals surface area contributed by atoms with Crippen LogP contribution >= 0.6 is 0 Å². The van der Waals surface area contributed by atoms with Crippen molar-refractivity contribution in [1.29, 1.82) is 0 Å². The molecule has 2 rings (SSSR count). The summed E-state index contributed by atoms with van der Waals surface area (Å²) in [6.07, 6.45) is 3.50. The van der Waals surface area contributed by atoms with Gasteiger partial charge in [-0.3, -0.25) is 0 Å². The number of hydrogen-bond acceptors (Lipinski definition) is 4. The summed E-state index contributed by atoms with van der Waals surface area (Å²) < 4.78 is 0. The van der Waals surface area contributed by atoms with E-state index in [1.807, 2.05) is 0 Å². The van der Waals surface area contributed by atoms with Crippen molar-refractivity contribution in [2.45, 2.75) is 13.8 Å². The molecule has 4 nitrogen and oxygen atoms in total. The fourth-order valence-electron chi connectivity index (χ4n) is 2.11. The van der Waals surface area contributed by atoms with E-state index >= 15 is 0 Å².